The zero-order valence-electron chi connectivity index (χ0n) is 11.6. The standard InChI is InChI=1S/C17H20FNO/c1-2-16(15-8-3-4-9-17(15)20)19-11-10-13-6-5-7-14(18)12-13/h3-9,12,16,19-20H,2,10-11H2,1H3. The molecule has 0 saturated carbocycles. The molecule has 0 aliphatic heterocycles. The minimum atomic E-state index is -0.199. The van der Waals surface area contributed by atoms with Gasteiger partial charge in [-0.2, -0.15) is 0 Å². The van der Waals surface area contributed by atoms with Gasteiger partial charge in [0, 0.05) is 11.6 Å². The molecule has 106 valence electrons. The van der Waals surface area contributed by atoms with E-state index < -0.39 is 0 Å². The van der Waals surface area contributed by atoms with Gasteiger partial charge in [-0.05, 0) is 43.1 Å². The van der Waals surface area contributed by atoms with E-state index in [1.807, 2.05) is 24.3 Å². The molecule has 2 rings (SSSR count). The maximum absolute atomic E-state index is 13.1. The van der Waals surface area contributed by atoms with E-state index in [1.165, 1.54) is 6.07 Å². The second kappa shape index (κ2) is 7.06. The van der Waals surface area contributed by atoms with Gasteiger partial charge in [0.2, 0.25) is 0 Å². The predicted octanol–water partition coefficient (Wildman–Crippen LogP) is 3.81. The lowest BCUT2D eigenvalue weighted by atomic mass is 10.0. The zero-order valence-corrected chi connectivity index (χ0v) is 11.6. The molecule has 0 bridgehead atoms. The van der Waals surface area contributed by atoms with Crippen LogP contribution in [-0.2, 0) is 6.42 Å². The molecule has 1 unspecified atom stereocenters. The number of halogens is 1. The minimum Gasteiger partial charge on any atom is -0.508 e. The zero-order chi connectivity index (χ0) is 14.4. The molecule has 0 saturated heterocycles. The van der Waals surface area contributed by atoms with Crippen LogP contribution in [0.15, 0.2) is 48.5 Å². The molecular formula is C17H20FNO. The second-order valence-electron chi connectivity index (χ2n) is 4.85. The molecule has 2 N–H and O–H groups in total. The molecule has 1 atom stereocenters. The number of rotatable bonds is 6. The van der Waals surface area contributed by atoms with Gasteiger partial charge in [0.15, 0.2) is 0 Å². The van der Waals surface area contributed by atoms with Gasteiger partial charge < -0.3 is 10.4 Å². The Morgan fingerprint density at radius 1 is 1.15 bits per heavy atom. The Labute approximate surface area is 119 Å². The lowest BCUT2D eigenvalue weighted by Gasteiger charge is -2.18. The first kappa shape index (κ1) is 14.5. The van der Waals surface area contributed by atoms with Crippen LogP contribution < -0.4 is 5.32 Å². The molecule has 2 nitrogen and oxygen atoms in total. The maximum Gasteiger partial charge on any atom is 0.123 e. The Hall–Kier alpha value is -1.87. The van der Waals surface area contributed by atoms with E-state index in [0.717, 1.165) is 30.5 Å². The van der Waals surface area contributed by atoms with Crippen LogP contribution in [0.4, 0.5) is 4.39 Å². The smallest absolute Gasteiger partial charge is 0.123 e. The number of aromatic hydroxyl groups is 1. The number of nitrogens with one attached hydrogen (secondary N) is 1. The number of benzene rings is 2. The molecule has 2 aromatic rings. The first-order valence-corrected chi connectivity index (χ1v) is 6.96. The molecule has 0 amide bonds. The highest BCUT2D eigenvalue weighted by Gasteiger charge is 2.11. The van der Waals surface area contributed by atoms with Crippen molar-refractivity contribution >= 4 is 0 Å². The number of phenolic OH excluding ortho intramolecular Hbond substituents is 1. The Kier molecular flexibility index (Phi) is 5.13. The highest BCUT2D eigenvalue weighted by atomic mass is 19.1. The van der Waals surface area contributed by atoms with Crippen molar-refractivity contribution < 1.29 is 9.50 Å². The third kappa shape index (κ3) is 3.81. The van der Waals surface area contributed by atoms with Gasteiger partial charge in [-0.15, -0.1) is 0 Å². The minimum absolute atomic E-state index is 0.116. The van der Waals surface area contributed by atoms with Gasteiger partial charge in [-0.3, -0.25) is 0 Å². The fourth-order valence-electron chi connectivity index (χ4n) is 2.34. The summed E-state index contributed by atoms with van der Waals surface area (Å²) in [5.74, 6) is 0.118. The Morgan fingerprint density at radius 3 is 2.65 bits per heavy atom. The van der Waals surface area contributed by atoms with Crippen molar-refractivity contribution in [3.63, 3.8) is 0 Å². The van der Waals surface area contributed by atoms with E-state index >= 15 is 0 Å². The Bertz CT molecular complexity index is 556. The Balaban J connectivity index is 1.93. The number of para-hydroxylation sites is 1. The van der Waals surface area contributed by atoms with Crippen LogP contribution in [0.1, 0.15) is 30.5 Å². The van der Waals surface area contributed by atoms with Gasteiger partial charge in [0.25, 0.3) is 0 Å². The van der Waals surface area contributed by atoms with Gasteiger partial charge in [0.1, 0.15) is 11.6 Å². The summed E-state index contributed by atoms with van der Waals surface area (Å²) in [7, 11) is 0. The summed E-state index contributed by atoms with van der Waals surface area (Å²) < 4.78 is 13.1. The SMILES string of the molecule is CCC(NCCc1cccc(F)c1)c1ccccc1O. The van der Waals surface area contributed by atoms with Crippen molar-refractivity contribution in [3.8, 4) is 5.75 Å². The summed E-state index contributed by atoms with van der Waals surface area (Å²) in [6.07, 6.45) is 1.66. The maximum atomic E-state index is 13.1. The highest BCUT2D eigenvalue weighted by Crippen LogP contribution is 2.25. The molecule has 0 fully saturated rings. The summed E-state index contributed by atoms with van der Waals surface area (Å²) in [5, 5.41) is 13.3. The van der Waals surface area contributed by atoms with Crippen molar-refractivity contribution in [2.75, 3.05) is 6.54 Å². The van der Waals surface area contributed by atoms with Crippen molar-refractivity contribution in [1.82, 2.24) is 5.32 Å². The fourth-order valence-corrected chi connectivity index (χ4v) is 2.34. The first-order valence-electron chi connectivity index (χ1n) is 6.96. The number of hydrogen-bond acceptors (Lipinski definition) is 2. The molecule has 3 heteroatoms. The highest BCUT2D eigenvalue weighted by molar-refractivity contribution is 5.34. The van der Waals surface area contributed by atoms with E-state index in [9.17, 15) is 9.50 Å². The van der Waals surface area contributed by atoms with Crippen molar-refractivity contribution in [1.29, 1.82) is 0 Å². The topological polar surface area (TPSA) is 32.3 Å². The average Bonchev–Trinajstić information content (AvgIpc) is 2.45. The third-order valence-corrected chi connectivity index (χ3v) is 3.41. The lowest BCUT2D eigenvalue weighted by molar-refractivity contribution is 0.442. The van der Waals surface area contributed by atoms with Crippen LogP contribution in [0.2, 0.25) is 0 Å². The molecule has 0 aromatic heterocycles. The van der Waals surface area contributed by atoms with Crippen LogP contribution >= 0.6 is 0 Å². The molecule has 0 aliphatic carbocycles. The van der Waals surface area contributed by atoms with Gasteiger partial charge >= 0.3 is 0 Å². The summed E-state index contributed by atoms with van der Waals surface area (Å²) >= 11 is 0. The predicted molar refractivity (Wildman–Crippen MR) is 79.2 cm³/mol. The molecule has 0 spiro atoms. The average molecular weight is 273 g/mol. The van der Waals surface area contributed by atoms with Crippen LogP contribution in [0.5, 0.6) is 5.75 Å². The van der Waals surface area contributed by atoms with E-state index in [2.05, 4.69) is 12.2 Å². The summed E-state index contributed by atoms with van der Waals surface area (Å²) in [6.45, 7) is 2.82. The van der Waals surface area contributed by atoms with Crippen LogP contribution in [0.25, 0.3) is 0 Å². The molecule has 0 radical (unpaired) electrons. The quantitative estimate of drug-likeness (QED) is 0.838. The number of hydrogen-bond donors (Lipinski definition) is 2. The van der Waals surface area contributed by atoms with Crippen molar-refractivity contribution in [3.05, 3.63) is 65.5 Å². The normalized spacial score (nSPS) is 12.3. The summed E-state index contributed by atoms with van der Waals surface area (Å²) in [5.41, 5.74) is 1.89. The van der Waals surface area contributed by atoms with Gasteiger partial charge in [-0.25, -0.2) is 4.39 Å². The molecule has 0 heterocycles. The first-order chi connectivity index (χ1) is 9.70. The third-order valence-electron chi connectivity index (χ3n) is 3.41. The molecular weight excluding hydrogens is 253 g/mol. The lowest BCUT2D eigenvalue weighted by Crippen LogP contribution is -2.23. The summed E-state index contributed by atoms with van der Waals surface area (Å²) in [4.78, 5) is 0. The molecule has 2 aromatic carbocycles. The van der Waals surface area contributed by atoms with E-state index in [4.69, 9.17) is 0 Å². The Morgan fingerprint density at radius 2 is 1.95 bits per heavy atom. The van der Waals surface area contributed by atoms with Crippen molar-refractivity contribution in [2.24, 2.45) is 0 Å². The van der Waals surface area contributed by atoms with Gasteiger partial charge in [-0.1, -0.05) is 37.3 Å². The summed E-state index contributed by atoms with van der Waals surface area (Å²) in [6, 6.07) is 14.1. The van der Waals surface area contributed by atoms with E-state index in [-0.39, 0.29) is 11.9 Å². The number of phenols is 1. The van der Waals surface area contributed by atoms with Gasteiger partial charge in [0.05, 0.1) is 0 Å². The van der Waals surface area contributed by atoms with Crippen LogP contribution in [0, 0.1) is 5.82 Å². The largest absolute Gasteiger partial charge is 0.508 e. The van der Waals surface area contributed by atoms with Crippen LogP contribution in [-0.4, -0.2) is 11.7 Å². The fraction of sp³-hybridized carbons (Fsp3) is 0.294. The molecule has 0 aliphatic rings. The van der Waals surface area contributed by atoms with E-state index in [0.29, 0.717) is 5.75 Å². The van der Waals surface area contributed by atoms with E-state index in [1.54, 1.807) is 18.2 Å². The van der Waals surface area contributed by atoms with Crippen LogP contribution in [0.3, 0.4) is 0 Å². The van der Waals surface area contributed by atoms with Crippen molar-refractivity contribution in [2.45, 2.75) is 25.8 Å². The monoisotopic (exact) mass is 273 g/mol. The molecule has 20 heavy (non-hydrogen) atoms. The second-order valence-corrected chi connectivity index (χ2v) is 4.85.